The van der Waals surface area contributed by atoms with E-state index in [1.54, 1.807) is 0 Å². The van der Waals surface area contributed by atoms with Crippen LogP contribution >= 0.6 is 0 Å². The van der Waals surface area contributed by atoms with Crippen molar-refractivity contribution in [3.8, 4) is 0 Å². The molecular formula is C18H31NO4. The van der Waals surface area contributed by atoms with Gasteiger partial charge >= 0.3 is 5.97 Å². The molecule has 2 atom stereocenters. The highest BCUT2D eigenvalue weighted by atomic mass is 16.5. The monoisotopic (exact) mass is 325 g/mol. The second-order valence-electron chi connectivity index (χ2n) is 6.19. The number of allylic oxidation sites excluding steroid dienone is 2. The van der Waals surface area contributed by atoms with Crippen LogP contribution in [-0.2, 0) is 14.3 Å². The van der Waals surface area contributed by atoms with E-state index in [2.05, 4.69) is 24.4 Å². The van der Waals surface area contributed by atoms with Crippen LogP contribution in [0.1, 0.15) is 71.1 Å². The smallest absolute Gasteiger partial charge is 0.328 e. The highest BCUT2D eigenvalue weighted by Gasteiger charge is 2.28. The van der Waals surface area contributed by atoms with E-state index in [1.165, 1.54) is 12.8 Å². The zero-order valence-electron chi connectivity index (χ0n) is 14.3. The van der Waals surface area contributed by atoms with Gasteiger partial charge in [-0.05, 0) is 25.7 Å². The fraction of sp³-hybridized carbons (Fsp3) is 0.778. The second-order valence-corrected chi connectivity index (χ2v) is 6.19. The number of aliphatic hydroxyl groups excluding tert-OH is 1. The molecule has 0 aromatic heterocycles. The third kappa shape index (κ3) is 9.39. The summed E-state index contributed by atoms with van der Waals surface area (Å²) < 4.78 is 4.78. The second kappa shape index (κ2) is 12.1. The number of carbonyl (C=O) groups excluding carboxylic acids is 2. The van der Waals surface area contributed by atoms with E-state index < -0.39 is 12.1 Å². The van der Waals surface area contributed by atoms with E-state index in [0.29, 0.717) is 19.4 Å². The predicted octanol–water partition coefficient (Wildman–Crippen LogP) is 2.87. The van der Waals surface area contributed by atoms with Crippen LogP contribution in [0.15, 0.2) is 12.2 Å². The number of aliphatic hydroxyl groups is 1. The zero-order valence-corrected chi connectivity index (χ0v) is 14.3. The van der Waals surface area contributed by atoms with Gasteiger partial charge in [0.15, 0.2) is 0 Å². The van der Waals surface area contributed by atoms with Crippen molar-refractivity contribution in [3.63, 3.8) is 0 Å². The Morgan fingerprint density at radius 3 is 2.74 bits per heavy atom. The van der Waals surface area contributed by atoms with Crippen LogP contribution in [0, 0.1) is 0 Å². The summed E-state index contributed by atoms with van der Waals surface area (Å²) in [7, 11) is 0. The molecule has 1 amide bonds. The summed E-state index contributed by atoms with van der Waals surface area (Å²) in [4.78, 5) is 23.0. The molecule has 1 aliphatic rings. The van der Waals surface area contributed by atoms with Gasteiger partial charge in [-0.3, -0.25) is 4.79 Å². The Morgan fingerprint density at radius 1 is 1.30 bits per heavy atom. The molecule has 2 N–H and O–H groups in total. The predicted molar refractivity (Wildman–Crippen MR) is 89.9 cm³/mol. The van der Waals surface area contributed by atoms with Gasteiger partial charge in [0, 0.05) is 6.42 Å². The van der Waals surface area contributed by atoms with E-state index >= 15 is 0 Å². The van der Waals surface area contributed by atoms with Crippen LogP contribution < -0.4 is 5.32 Å². The van der Waals surface area contributed by atoms with E-state index in [0.717, 1.165) is 32.1 Å². The highest BCUT2D eigenvalue weighted by Crippen LogP contribution is 2.11. The molecule has 1 fully saturated rings. The van der Waals surface area contributed by atoms with Crippen LogP contribution in [0.4, 0.5) is 0 Å². The molecule has 1 rings (SSSR count). The van der Waals surface area contributed by atoms with Crippen molar-refractivity contribution in [1.82, 2.24) is 5.32 Å². The number of rotatable bonds is 12. The number of cyclic esters (lactones) is 1. The molecule has 0 bridgehead atoms. The summed E-state index contributed by atoms with van der Waals surface area (Å²) in [6.45, 7) is 2.54. The molecule has 0 aromatic rings. The standard InChI is InChI=1S/C18H31NO4/c1-2-3-4-5-6-7-8-9-10-11-15(20)14-17(21)19-16-12-13-23-18(16)22/h4-5,15-16,20H,2-3,6-14H2,1H3,(H,19,21)/t15?,16-/m0/s1. The SMILES string of the molecule is CCCC=CCCCCCCC(O)CC(=O)N[C@H]1CCOC1=O. The van der Waals surface area contributed by atoms with Gasteiger partial charge in [0.1, 0.15) is 6.04 Å². The first-order valence-electron chi connectivity index (χ1n) is 8.92. The van der Waals surface area contributed by atoms with Gasteiger partial charge in [0.25, 0.3) is 0 Å². The molecule has 0 aliphatic carbocycles. The van der Waals surface area contributed by atoms with Crippen molar-refractivity contribution in [2.24, 2.45) is 0 Å². The number of hydrogen-bond acceptors (Lipinski definition) is 4. The van der Waals surface area contributed by atoms with Gasteiger partial charge in [0.05, 0.1) is 19.1 Å². The van der Waals surface area contributed by atoms with Crippen LogP contribution in [0.25, 0.3) is 0 Å². The average molecular weight is 325 g/mol. The normalized spacial score (nSPS) is 19.0. The minimum Gasteiger partial charge on any atom is -0.464 e. The summed E-state index contributed by atoms with van der Waals surface area (Å²) >= 11 is 0. The van der Waals surface area contributed by atoms with Gasteiger partial charge < -0.3 is 15.2 Å². The Labute approximate surface area is 139 Å². The molecule has 0 saturated carbocycles. The average Bonchev–Trinajstić information content (AvgIpc) is 2.90. The third-order valence-corrected chi connectivity index (χ3v) is 3.97. The topological polar surface area (TPSA) is 75.6 Å². The first kappa shape index (κ1) is 19.7. The lowest BCUT2D eigenvalue weighted by atomic mass is 10.1. The minimum absolute atomic E-state index is 0.0591. The Hall–Kier alpha value is -1.36. The number of amides is 1. The van der Waals surface area contributed by atoms with E-state index in [9.17, 15) is 14.7 Å². The number of esters is 1. The molecule has 1 aliphatic heterocycles. The van der Waals surface area contributed by atoms with Crippen molar-refractivity contribution in [1.29, 1.82) is 0 Å². The summed E-state index contributed by atoms with van der Waals surface area (Å²) in [5.41, 5.74) is 0. The first-order valence-corrected chi connectivity index (χ1v) is 8.92. The van der Waals surface area contributed by atoms with Gasteiger partial charge in [-0.1, -0.05) is 44.8 Å². The summed E-state index contributed by atoms with van der Waals surface area (Å²) in [5.74, 6) is -0.650. The molecular weight excluding hydrogens is 294 g/mol. The number of carbonyl (C=O) groups is 2. The Kier molecular flexibility index (Phi) is 10.4. The fourth-order valence-electron chi connectivity index (χ4n) is 2.59. The molecule has 5 heteroatoms. The van der Waals surface area contributed by atoms with Crippen molar-refractivity contribution < 1.29 is 19.4 Å². The summed E-state index contributed by atoms with van der Waals surface area (Å²) in [6.07, 6.45) is 12.9. The molecule has 5 nitrogen and oxygen atoms in total. The van der Waals surface area contributed by atoms with Gasteiger partial charge in [-0.25, -0.2) is 4.79 Å². The zero-order chi connectivity index (χ0) is 16.9. The van der Waals surface area contributed by atoms with Crippen molar-refractivity contribution >= 4 is 11.9 Å². The van der Waals surface area contributed by atoms with E-state index in [-0.39, 0.29) is 18.3 Å². The molecule has 0 spiro atoms. The van der Waals surface area contributed by atoms with Crippen LogP contribution in [-0.4, -0.2) is 35.7 Å². The lowest BCUT2D eigenvalue weighted by molar-refractivity contribution is -0.141. The van der Waals surface area contributed by atoms with Gasteiger partial charge in [-0.2, -0.15) is 0 Å². The number of hydrogen-bond donors (Lipinski definition) is 2. The molecule has 1 unspecified atom stereocenters. The van der Waals surface area contributed by atoms with Crippen LogP contribution in [0.3, 0.4) is 0 Å². The van der Waals surface area contributed by atoms with Crippen molar-refractivity contribution in [2.45, 2.75) is 83.3 Å². The molecule has 0 aromatic carbocycles. The maximum atomic E-state index is 11.7. The van der Waals surface area contributed by atoms with Crippen LogP contribution in [0.2, 0.25) is 0 Å². The Morgan fingerprint density at radius 2 is 2.04 bits per heavy atom. The quantitative estimate of drug-likeness (QED) is 0.329. The van der Waals surface area contributed by atoms with Crippen LogP contribution in [0.5, 0.6) is 0 Å². The lowest BCUT2D eigenvalue weighted by Gasteiger charge is -2.12. The van der Waals surface area contributed by atoms with Gasteiger partial charge in [0.2, 0.25) is 5.91 Å². The summed E-state index contributed by atoms with van der Waals surface area (Å²) in [6, 6.07) is -0.532. The third-order valence-electron chi connectivity index (χ3n) is 3.97. The largest absolute Gasteiger partial charge is 0.464 e. The number of ether oxygens (including phenoxy) is 1. The lowest BCUT2D eigenvalue weighted by Crippen LogP contribution is -2.39. The maximum absolute atomic E-state index is 11.7. The number of nitrogens with one attached hydrogen (secondary N) is 1. The molecule has 0 radical (unpaired) electrons. The molecule has 1 saturated heterocycles. The number of unbranched alkanes of at least 4 members (excludes halogenated alkanes) is 5. The Balaban J connectivity index is 1.98. The maximum Gasteiger partial charge on any atom is 0.328 e. The van der Waals surface area contributed by atoms with Crippen molar-refractivity contribution in [3.05, 3.63) is 12.2 Å². The first-order chi connectivity index (χ1) is 11.1. The molecule has 1 heterocycles. The Bertz CT molecular complexity index is 381. The minimum atomic E-state index is -0.628. The molecule has 23 heavy (non-hydrogen) atoms. The highest BCUT2D eigenvalue weighted by molar-refractivity contribution is 5.85. The molecule has 132 valence electrons. The van der Waals surface area contributed by atoms with Crippen molar-refractivity contribution in [2.75, 3.05) is 6.61 Å². The fourth-order valence-corrected chi connectivity index (χ4v) is 2.59. The summed E-state index contributed by atoms with van der Waals surface area (Å²) in [5, 5.41) is 12.5. The van der Waals surface area contributed by atoms with E-state index in [1.807, 2.05) is 0 Å². The van der Waals surface area contributed by atoms with Gasteiger partial charge in [-0.15, -0.1) is 0 Å². The van der Waals surface area contributed by atoms with E-state index in [4.69, 9.17) is 4.74 Å².